The topological polar surface area (TPSA) is 61.9 Å². The zero-order valence-electron chi connectivity index (χ0n) is 14.7. The van der Waals surface area contributed by atoms with E-state index in [1.54, 1.807) is 19.2 Å². The third-order valence-electron chi connectivity index (χ3n) is 4.38. The van der Waals surface area contributed by atoms with Gasteiger partial charge >= 0.3 is 0 Å². The van der Waals surface area contributed by atoms with Crippen molar-refractivity contribution in [2.45, 2.75) is 26.3 Å². The first-order chi connectivity index (χ1) is 11.5. The molecule has 0 radical (unpaired) electrons. The summed E-state index contributed by atoms with van der Waals surface area (Å²) in [6.07, 6.45) is 0.924. The first kappa shape index (κ1) is 18.3. The highest BCUT2D eigenvalue weighted by Crippen LogP contribution is 2.20. The van der Waals surface area contributed by atoms with E-state index in [1.807, 2.05) is 30.9 Å². The largest absolute Gasteiger partial charge is 0.496 e. The van der Waals surface area contributed by atoms with Crippen LogP contribution in [0, 0.1) is 0 Å². The van der Waals surface area contributed by atoms with Crippen molar-refractivity contribution in [2.75, 3.05) is 39.8 Å². The Balaban J connectivity index is 1.86. The van der Waals surface area contributed by atoms with Crippen LogP contribution < -0.4 is 10.1 Å². The summed E-state index contributed by atoms with van der Waals surface area (Å²) in [7, 11) is 1.57. The number of carbonyl (C=O) groups excluding carboxylic acids is 2. The molecule has 24 heavy (non-hydrogen) atoms. The molecule has 0 spiro atoms. The Labute approximate surface area is 143 Å². The van der Waals surface area contributed by atoms with E-state index >= 15 is 0 Å². The number of para-hydroxylation sites is 1. The van der Waals surface area contributed by atoms with Gasteiger partial charge in [-0.15, -0.1) is 0 Å². The Morgan fingerprint density at radius 1 is 1.21 bits per heavy atom. The van der Waals surface area contributed by atoms with Crippen molar-refractivity contribution in [3.05, 3.63) is 29.8 Å². The highest BCUT2D eigenvalue weighted by molar-refractivity contribution is 5.97. The maximum absolute atomic E-state index is 12.6. The summed E-state index contributed by atoms with van der Waals surface area (Å²) in [6, 6.07) is 7.47. The third kappa shape index (κ3) is 4.71. The fourth-order valence-corrected chi connectivity index (χ4v) is 2.73. The number of carbonyl (C=O) groups is 2. The van der Waals surface area contributed by atoms with Crippen molar-refractivity contribution in [1.29, 1.82) is 0 Å². The Kier molecular flexibility index (Phi) is 6.61. The average molecular weight is 333 g/mol. The predicted octanol–water partition coefficient (Wildman–Crippen LogP) is 1.37. The highest BCUT2D eigenvalue weighted by Gasteiger charge is 2.25. The molecule has 1 unspecified atom stereocenters. The summed E-state index contributed by atoms with van der Waals surface area (Å²) < 4.78 is 5.27. The average Bonchev–Trinajstić information content (AvgIpc) is 2.61. The molecule has 2 amide bonds. The molecular weight excluding hydrogens is 306 g/mol. The summed E-state index contributed by atoms with van der Waals surface area (Å²) in [6.45, 7) is 7.08. The lowest BCUT2D eigenvalue weighted by Crippen LogP contribution is -2.51. The van der Waals surface area contributed by atoms with Crippen LogP contribution in [0.3, 0.4) is 0 Å². The molecule has 1 aliphatic heterocycles. The molecule has 1 heterocycles. The molecule has 1 aliphatic rings. The standard InChI is InChI=1S/C18H27N3O3/c1-4-14(2)19-17(22)13-20-9-11-21(12-10-20)18(23)15-7-5-6-8-16(15)24-3/h5-8,14H,4,9-13H2,1-3H3,(H,19,22). The van der Waals surface area contributed by atoms with Crippen molar-refractivity contribution in [3.8, 4) is 5.75 Å². The van der Waals surface area contributed by atoms with Gasteiger partial charge in [-0.3, -0.25) is 14.5 Å². The van der Waals surface area contributed by atoms with Crippen molar-refractivity contribution in [3.63, 3.8) is 0 Å². The monoisotopic (exact) mass is 333 g/mol. The normalized spacial score (nSPS) is 16.5. The van der Waals surface area contributed by atoms with Crippen LogP contribution in [-0.2, 0) is 4.79 Å². The van der Waals surface area contributed by atoms with Gasteiger partial charge in [0, 0.05) is 32.2 Å². The molecule has 1 saturated heterocycles. The van der Waals surface area contributed by atoms with Crippen LogP contribution >= 0.6 is 0 Å². The van der Waals surface area contributed by atoms with Crippen LogP contribution in [0.25, 0.3) is 0 Å². The van der Waals surface area contributed by atoms with Gasteiger partial charge in [0.2, 0.25) is 5.91 Å². The van der Waals surface area contributed by atoms with E-state index in [1.165, 1.54) is 0 Å². The molecule has 2 rings (SSSR count). The Morgan fingerprint density at radius 3 is 2.50 bits per heavy atom. The number of amides is 2. The van der Waals surface area contributed by atoms with Gasteiger partial charge in [0.25, 0.3) is 5.91 Å². The van der Waals surface area contributed by atoms with Crippen LogP contribution in [0.5, 0.6) is 5.75 Å². The van der Waals surface area contributed by atoms with Crippen LogP contribution in [0.15, 0.2) is 24.3 Å². The van der Waals surface area contributed by atoms with Crippen LogP contribution in [0.4, 0.5) is 0 Å². The number of benzene rings is 1. The number of nitrogens with one attached hydrogen (secondary N) is 1. The number of rotatable bonds is 6. The van der Waals surface area contributed by atoms with E-state index in [4.69, 9.17) is 4.74 Å². The smallest absolute Gasteiger partial charge is 0.257 e. The molecule has 1 atom stereocenters. The lowest BCUT2D eigenvalue weighted by Gasteiger charge is -2.34. The fourth-order valence-electron chi connectivity index (χ4n) is 2.73. The van der Waals surface area contributed by atoms with Gasteiger partial charge in [-0.05, 0) is 25.5 Å². The van der Waals surface area contributed by atoms with Gasteiger partial charge in [0.15, 0.2) is 0 Å². The number of methoxy groups -OCH3 is 1. The number of ether oxygens (including phenoxy) is 1. The molecule has 6 heteroatoms. The molecule has 0 bridgehead atoms. The van der Waals surface area contributed by atoms with Gasteiger partial charge in [0.1, 0.15) is 5.75 Å². The fraction of sp³-hybridized carbons (Fsp3) is 0.556. The minimum absolute atomic E-state index is 0.0174. The zero-order chi connectivity index (χ0) is 17.5. The molecule has 0 aliphatic carbocycles. The number of hydrogen-bond acceptors (Lipinski definition) is 4. The van der Waals surface area contributed by atoms with Crippen molar-refractivity contribution >= 4 is 11.8 Å². The number of nitrogens with zero attached hydrogens (tertiary/aromatic N) is 2. The zero-order valence-corrected chi connectivity index (χ0v) is 14.7. The summed E-state index contributed by atoms with van der Waals surface area (Å²) in [5, 5.41) is 2.97. The Morgan fingerprint density at radius 2 is 1.88 bits per heavy atom. The van der Waals surface area contributed by atoms with Gasteiger partial charge in [0.05, 0.1) is 19.2 Å². The van der Waals surface area contributed by atoms with E-state index in [0.29, 0.717) is 44.0 Å². The Hall–Kier alpha value is -2.08. The molecule has 132 valence electrons. The summed E-state index contributed by atoms with van der Waals surface area (Å²) in [4.78, 5) is 28.5. The van der Waals surface area contributed by atoms with Crippen molar-refractivity contribution in [2.24, 2.45) is 0 Å². The van der Waals surface area contributed by atoms with Gasteiger partial charge < -0.3 is 15.0 Å². The molecule has 1 N–H and O–H groups in total. The summed E-state index contributed by atoms with van der Waals surface area (Å²) >= 11 is 0. The maximum atomic E-state index is 12.6. The minimum atomic E-state index is -0.0174. The third-order valence-corrected chi connectivity index (χ3v) is 4.38. The van der Waals surface area contributed by atoms with E-state index in [-0.39, 0.29) is 17.9 Å². The number of hydrogen-bond donors (Lipinski definition) is 1. The SMILES string of the molecule is CCC(C)NC(=O)CN1CCN(C(=O)c2ccccc2OC)CC1. The second-order valence-corrected chi connectivity index (χ2v) is 6.15. The second-order valence-electron chi connectivity index (χ2n) is 6.15. The van der Waals surface area contributed by atoms with Crippen LogP contribution in [0.2, 0.25) is 0 Å². The molecule has 0 saturated carbocycles. The lowest BCUT2D eigenvalue weighted by atomic mass is 10.1. The summed E-state index contributed by atoms with van der Waals surface area (Å²) in [5.74, 6) is 0.628. The molecule has 1 aromatic rings. The van der Waals surface area contributed by atoms with E-state index in [9.17, 15) is 9.59 Å². The van der Waals surface area contributed by atoms with Crippen molar-refractivity contribution in [1.82, 2.24) is 15.1 Å². The first-order valence-electron chi connectivity index (χ1n) is 8.49. The molecule has 1 fully saturated rings. The minimum Gasteiger partial charge on any atom is -0.496 e. The molecule has 0 aromatic heterocycles. The predicted molar refractivity (Wildman–Crippen MR) is 93.2 cm³/mol. The highest BCUT2D eigenvalue weighted by atomic mass is 16.5. The Bertz CT molecular complexity index is 568. The van der Waals surface area contributed by atoms with Gasteiger partial charge in [-0.2, -0.15) is 0 Å². The maximum Gasteiger partial charge on any atom is 0.257 e. The van der Waals surface area contributed by atoms with Crippen LogP contribution in [0.1, 0.15) is 30.6 Å². The van der Waals surface area contributed by atoms with Crippen LogP contribution in [-0.4, -0.2) is 67.5 Å². The first-order valence-corrected chi connectivity index (χ1v) is 8.49. The van der Waals surface area contributed by atoms with Gasteiger partial charge in [-0.25, -0.2) is 0 Å². The second kappa shape index (κ2) is 8.68. The van der Waals surface area contributed by atoms with E-state index in [2.05, 4.69) is 10.2 Å². The number of piperazine rings is 1. The quantitative estimate of drug-likeness (QED) is 0.854. The van der Waals surface area contributed by atoms with Crippen molar-refractivity contribution < 1.29 is 14.3 Å². The molecule has 6 nitrogen and oxygen atoms in total. The molecular formula is C18H27N3O3. The van der Waals surface area contributed by atoms with E-state index in [0.717, 1.165) is 6.42 Å². The van der Waals surface area contributed by atoms with E-state index < -0.39 is 0 Å². The lowest BCUT2D eigenvalue weighted by molar-refractivity contribution is -0.123. The molecule has 1 aromatic carbocycles. The van der Waals surface area contributed by atoms with Gasteiger partial charge in [-0.1, -0.05) is 19.1 Å². The summed E-state index contributed by atoms with van der Waals surface area (Å²) in [5.41, 5.74) is 0.586.